The summed E-state index contributed by atoms with van der Waals surface area (Å²) in [4.78, 5) is 37.3. The monoisotopic (exact) mass is 1270 g/mol. The Labute approximate surface area is 459 Å². The first kappa shape index (κ1) is 69.3. The first-order valence-electron chi connectivity index (χ1n) is 23.2. The number of carboxylic acid groups (broad SMARTS) is 2. The Bertz CT molecular complexity index is 2540. The molecule has 45 heteroatoms. The van der Waals surface area contributed by atoms with E-state index in [1.807, 2.05) is 0 Å². The Balaban J connectivity index is 1.48. The highest BCUT2D eigenvalue weighted by Gasteiger charge is 2.59. The summed E-state index contributed by atoms with van der Waals surface area (Å²) in [5, 5.41) is 173. The van der Waals surface area contributed by atoms with Gasteiger partial charge in [0, 0.05) is 6.92 Å². The second-order valence-electron chi connectivity index (χ2n) is 18.1. The maximum Gasteiger partial charge on any atom is 0.397 e. The zero-order chi connectivity index (χ0) is 61.8. The van der Waals surface area contributed by atoms with Crippen molar-refractivity contribution in [1.82, 2.24) is 5.32 Å². The van der Waals surface area contributed by atoms with Crippen LogP contribution in [0.2, 0.25) is 0 Å². The lowest BCUT2D eigenvalue weighted by Crippen LogP contribution is -2.70. The predicted octanol–water partition coefficient (Wildman–Crippen LogP) is -13.0. The standard InChI is InChI=1S/C37H59NO41S3/c1-7(41)38-13-25(74-34-21(50)18(47)19(48)29(78-34)31(54)55)15(44)10(4-67-80(58,59)60)71-33(13)77-28-20(49)22(51)35(79-30(28)32(56)57)75-27-17(46)12(6-69-82(64,65)66)73-37(24(27)53)76-26-16(45)11(5-68-81(61,62)63)72-36(23(26)52)70-9(3-40)14(43)8(42)2-39/h8-18,20-28,30,33-37,39-40,42-53H,2-6H2,1H3,(H,38,41)(H,54,55)(H,56,57)(H,58,59,60)(H,61,62,63)(H,64,65,66)/t8-,9+,10+,11+,12+,13+,14+,15-,16-,17-,18-,20+,21+,22+,23+,24+,25+,26-,27-,28-,30-,33-,34+,35+,36+,37-/m0/s1. The minimum Gasteiger partial charge on any atom is -0.506 e. The summed E-state index contributed by atoms with van der Waals surface area (Å²) in [6.45, 7) is -5.91. The van der Waals surface area contributed by atoms with Crippen LogP contribution in [0.1, 0.15) is 6.92 Å². The van der Waals surface area contributed by atoms with Crippen LogP contribution in [0.25, 0.3) is 0 Å². The molecule has 0 aromatic carbocycles. The molecule has 4 fully saturated rings. The van der Waals surface area contributed by atoms with Gasteiger partial charge < -0.3 is 134 Å². The van der Waals surface area contributed by atoms with Crippen molar-refractivity contribution in [3.63, 3.8) is 0 Å². The van der Waals surface area contributed by atoms with E-state index in [0.29, 0.717) is 0 Å². The topological polar surface area (TPSA) is 670 Å². The van der Waals surface area contributed by atoms with Gasteiger partial charge in [0.2, 0.25) is 18.0 Å². The van der Waals surface area contributed by atoms with Gasteiger partial charge in [-0.05, 0) is 0 Å². The van der Waals surface area contributed by atoms with Crippen LogP contribution in [0.3, 0.4) is 0 Å². The summed E-state index contributed by atoms with van der Waals surface area (Å²) >= 11 is 0. The lowest BCUT2D eigenvalue weighted by atomic mass is 9.94. The number of nitrogens with one attached hydrogen (secondary N) is 1. The molecule has 0 radical (unpaired) electrons. The van der Waals surface area contributed by atoms with E-state index in [0.717, 1.165) is 6.92 Å². The van der Waals surface area contributed by atoms with Crippen LogP contribution in [-0.4, -0.2) is 331 Å². The number of carbonyl (C=O) groups is 3. The van der Waals surface area contributed by atoms with Crippen LogP contribution in [0.15, 0.2) is 11.5 Å². The second kappa shape index (κ2) is 28.3. The molecular weight excluding hydrogens is 1210 g/mol. The third-order valence-corrected chi connectivity index (χ3v) is 13.7. The van der Waals surface area contributed by atoms with Crippen LogP contribution in [0.5, 0.6) is 0 Å². The molecule has 82 heavy (non-hydrogen) atoms. The molecule has 0 saturated carbocycles. The number of aliphatic hydroxyl groups is 14. The normalized spacial score (nSPS) is 39.8. The zero-order valence-electron chi connectivity index (χ0n) is 41.2. The smallest absolute Gasteiger partial charge is 0.397 e. The van der Waals surface area contributed by atoms with Gasteiger partial charge in [0.05, 0.1) is 33.0 Å². The minimum atomic E-state index is -5.47. The lowest BCUT2D eigenvalue weighted by Gasteiger charge is -2.49. The average Bonchev–Trinajstić information content (AvgIpc) is 3.57. The molecule has 0 aromatic rings. The number of aliphatic hydroxyl groups excluding tert-OH is 14. The van der Waals surface area contributed by atoms with E-state index in [9.17, 15) is 135 Å². The van der Waals surface area contributed by atoms with Crippen LogP contribution in [0.4, 0.5) is 0 Å². The molecule has 5 rings (SSSR count). The quantitative estimate of drug-likeness (QED) is 0.0358. The maximum atomic E-state index is 12.9. The molecule has 4 saturated heterocycles. The Morgan fingerprint density at radius 1 is 0.549 bits per heavy atom. The van der Waals surface area contributed by atoms with Crippen molar-refractivity contribution in [3.8, 4) is 0 Å². The third-order valence-electron chi connectivity index (χ3n) is 12.4. The van der Waals surface area contributed by atoms with Gasteiger partial charge >= 0.3 is 43.1 Å². The van der Waals surface area contributed by atoms with Gasteiger partial charge in [0.1, 0.15) is 122 Å². The number of carboxylic acids is 2. The number of rotatable bonds is 26. The van der Waals surface area contributed by atoms with Gasteiger partial charge in [-0.1, -0.05) is 0 Å². The van der Waals surface area contributed by atoms with E-state index in [1.54, 1.807) is 0 Å². The first-order valence-corrected chi connectivity index (χ1v) is 27.3. The van der Waals surface area contributed by atoms with Crippen molar-refractivity contribution < 1.29 is 195 Å². The summed E-state index contributed by atoms with van der Waals surface area (Å²) in [6.07, 6.45) is -61.1. The minimum absolute atomic E-state index is 0.790. The average molecular weight is 1270 g/mol. The van der Waals surface area contributed by atoms with Gasteiger partial charge in [-0.3, -0.25) is 18.5 Å². The molecule has 476 valence electrons. The van der Waals surface area contributed by atoms with Crippen molar-refractivity contribution in [1.29, 1.82) is 0 Å². The second-order valence-corrected chi connectivity index (χ2v) is 21.4. The SMILES string of the molecule is CC(=O)N[C@H]1[C@H](O[C@H]2[C@H](O)[C@@H](O)[C@H](O[C@H]3[C@@H](O)[C@@H](COS(=O)(=O)O)O[C@@H](O[C@H]4[C@@H](O)[C@@H](COS(=O)(=O)O)O[C@@H](O[C@H](CO)[C@H](O)[C@@H](O)CO)[C@@H]4O)[C@@H]3O)O[C@@H]2C(=O)O)O[C@H](COS(=O)(=O)O)[C@H](O)[C@@H]1O[C@@H]1OC(C(=O)O)=C(O)[C@H](O)[C@H]1O. The van der Waals surface area contributed by atoms with Crippen molar-refractivity contribution in [2.24, 2.45) is 0 Å². The van der Waals surface area contributed by atoms with Crippen LogP contribution in [0, 0.1) is 0 Å². The summed E-state index contributed by atoms with van der Waals surface area (Å²) in [7, 11) is -16.3. The Kier molecular flexibility index (Phi) is 23.9. The molecule has 0 spiro atoms. The van der Waals surface area contributed by atoms with E-state index >= 15 is 0 Å². The third kappa shape index (κ3) is 17.3. The Morgan fingerprint density at radius 3 is 1.41 bits per heavy atom. The molecule has 5 heterocycles. The molecule has 26 atom stereocenters. The molecule has 5 aliphatic rings. The molecule has 0 bridgehead atoms. The van der Waals surface area contributed by atoms with Crippen molar-refractivity contribution in [3.05, 3.63) is 11.5 Å². The molecule has 1 amide bonds. The molecule has 0 aliphatic carbocycles. The summed E-state index contributed by atoms with van der Waals surface area (Å²) < 4.78 is 164. The lowest BCUT2D eigenvalue weighted by molar-refractivity contribution is -0.387. The van der Waals surface area contributed by atoms with E-state index < -0.39 is 253 Å². The van der Waals surface area contributed by atoms with Crippen molar-refractivity contribution in [2.45, 2.75) is 166 Å². The van der Waals surface area contributed by atoms with E-state index in [-0.39, 0.29) is 0 Å². The van der Waals surface area contributed by atoms with Gasteiger partial charge in [-0.15, -0.1) is 0 Å². The highest BCUT2D eigenvalue weighted by Crippen LogP contribution is 2.37. The highest BCUT2D eigenvalue weighted by molar-refractivity contribution is 7.81. The maximum absolute atomic E-state index is 12.9. The number of aliphatic carboxylic acids is 2. The van der Waals surface area contributed by atoms with Gasteiger partial charge in [-0.2, -0.15) is 25.3 Å². The van der Waals surface area contributed by atoms with Crippen LogP contribution in [-0.2, 0) is 105 Å². The zero-order valence-corrected chi connectivity index (χ0v) is 43.7. The molecule has 0 aromatic heterocycles. The Morgan fingerprint density at radius 2 is 0.976 bits per heavy atom. The first-order chi connectivity index (χ1) is 37.9. The van der Waals surface area contributed by atoms with Crippen molar-refractivity contribution >= 4 is 49.0 Å². The number of hydrogen-bond donors (Lipinski definition) is 20. The highest BCUT2D eigenvalue weighted by atomic mass is 32.3. The van der Waals surface area contributed by atoms with Gasteiger partial charge in [0.25, 0.3) is 0 Å². The van der Waals surface area contributed by atoms with Crippen molar-refractivity contribution in [2.75, 3.05) is 33.0 Å². The van der Waals surface area contributed by atoms with Gasteiger partial charge in [-0.25, -0.2) is 22.1 Å². The molecule has 42 nitrogen and oxygen atoms in total. The number of hydrogen-bond acceptors (Lipinski definition) is 36. The number of ether oxygens (including phenoxy) is 10. The van der Waals surface area contributed by atoms with E-state index in [2.05, 4.69) is 17.9 Å². The Hall–Kier alpha value is -3.52. The van der Waals surface area contributed by atoms with Gasteiger partial charge in [0.15, 0.2) is 37.0 Å². The largest absolute Gasteiger partial charge is 0.506 e. The van der Waals surface area contributed by atoms with Crippen LogP contribution >= 0.6 is 0 Å². The fourth-order valence-corrected chi connectivity index (χ4v) is 9.36. The van der Waals surface area contributed by atoms with E-state index in [4.69, 9.17) is 47.4 Å². The summed E-state index contributed by atoms with van der Waals surface area (Å²) in [5.41, 5.74) is 0. The predicted molar refractivity (Wildman–Crippen MR) is 239 cm³/mol. The fourth-order valence-electron chi connectivity index (χ4n) is 8.44. The fraction of sp³-hybridized carbons (Fsp3) is 0.865. The molecular formula is C37H59NO41S3. The summed E-state index contributed by atoms with van der Waals surface area (Å²) in [6, 6.07) is -2.17. The number of carbonyl (C=O) groups excluding carboxylic acids is 1. The number of amides is 1. The summed E-state index contributed by atoms with van der Waals surface area (Å²) in [5.74, 6) is -8.24. The van der Waals surface area contributed by atoms with E-state index in [1.165, 1.54) is 0 Å². The van der Waals surface area contributed by atoms with Crippen LogP contribution < -0.4 is 5.32 Å². The molecule has 20 N–H and O–H groups in total. The molecule has 0 unspecified atom stereocenters. The molecule has 5 aliphatic heterocycles.